The zero-order chi connectivity index (χ0) is 9.97. The van der Waals surface area contributed by atoms with Crippen LogP contribution in [-0.2, 0) is 0 Å². The lowest BCUT2D eigenvalue weighted by atomic mass is 10.1. The first-order valence-electron chi connectivity index (χ1n) is 5.39. The van der Waals surface area contributed by atoms with Crippen molar-refractivity contribution in [3.63, 3.8) is 0 Å². The summed E-state index contributed by atoms with van der Waals surface area (Å²) in [5.74, 6) is 0.692. The maximum absolute atomic E-state index is 4.68. The molecule has 14 heavy (non-hydrogen) atoms. The van der Waals surface area contributed by atoms with Crippen molar-refractivity contribution in [1.82, 2.24) is 0 Å². The molecule has 1 saturated carbocycles. The zero-order valence-electron chi connectivity index (χ0n) is 8.90. The van der Waals surface area contributed by atoms with Gasteiger partial charge in [-0.05, 0) is 25.3 Å². The van der Waals surface area contributed by atoms with Crippen LogP contribution < -0.4 is 0 Å². The number of hydrogen-bond acceptors (Lipinski definition) is 1. The molecule has 2 atom stereocenters. The lowest BCUT2D eigenvalue weighted by Gasteiger charge is -1.97. The molecule has 1 aromatic rings. The van der Waals surface area contributed by atoms with Crippen molar-refractivity contribution in [1.29, 1.82) is 0 Å². The van der Waals surface area contributed by atoms with Crippen molar-refractivity contribution in [2.75, 3.05) is 0 Å². The smallest absolute Gasteiger partial charge is 0.0574 e. The number of hydrogen-bond donors (Lipinski definition) is 0. The number of nitrogens with zero attached hydrogens (tertiary/aromatic N) is 1. The molecule has 0 spiro atoms. The highest BCUT2D eigenvalue weighted by Gasteiger charge is 2.37. The van der Waals surface area contributed by atoms with E-state index in [1.807, 2.05) is 0 Å². The van der Waals surface area contributed by atoms with Crippen LogP contribution in [0.3, 0.4) is 0 Å². The highest BCUT2D eigenvalue weighted by molar-refractivity contribution is 5.82. The zero-order valence-corrected chi connectivity index (χ0v) is 8.90. The van der Waals surface area contributed by atoms with E-state index < -0.39 is 0 Å². The first-order valence-corrected chi connectivity index (χ1v) is 5.39. The molecule has 0 aliphatic heterocycles. The molecular weight excluding hydrogens is 170 g/mol. The molecule has 0 radical (unpaired) electrons. The first-order chi connectivity index (χ1) is 6.81. The molecule has 1 aliphatic carbocycles. The lowest BCUT2D eigenvalue weighted by molar-refractivity contribution is 0.977. The van der Waals surface area contributed by atoms with E-state index >= 15 is 0 Å². The summed E-state index contributed by atoms with van der Waals surface area (Å²) >= 11 is 0. The average molecular weight is 187 g/mol. The normalized spacial score (nSPS) is 26.3. The van der Waals surface area contributed by atoms with Crippen molar-refractivity contribution in [2.24, 2.45) is 4.99 Å². The fourth-order valence-corrected chi connectivity index (χ4v) is 1.76. The van der Waals surface area contributed by atoms with Gasteiger partial charge in [0.05, 0.1) is 6.04 Å². The Bertz CT molecular complexity index is 326. The molecule has 1 nitrogen and oxygen atoms in total. The minimum atomic E-state index is 0.567. The van der Waals surface area contributed by atoms with Gasteiger partial charge in [0.25, 0.3) is 0 Å². The van der Waals surface area contributed by atoms with E-state index in [4.69, 9.17) is 0 Å². The van der Waals surface area contributed by atoms with Gasteiger partial charge in [-0.2, -0.15) is 0 Å². The summed E-state index contributed by atoms with van der Waals surface area (Å²) in [5, 5.41) is 0. The highest BCUT2D eigenvalue weighted by atomic mass is 14.9. The van der Waals surface area contributed by atoms with E-state index in [0.717, 1.165) is 6.42 Å². The largest absolute Gasteiger partial charge is 0.290 e. The van der Waals surface area contributed by atoms with E-state index in [9.17, 15) is 0 Å². The molecule has 0 saturated heterocycles. The van der Waals surface area contributed by atoms with E-state index in [1.165, 1.54) is 17.7 Å². The third-order valence-corrected chi connectivity index (χ3v) is 2.88. The van der Waals surface area contributed by atoms with Gasteiger partial charge in [-0.3, -0.25) is 4.99 Å². The summed E-state index contributed by atoms with van der Waals surface area (Å²) in [4.78, 5) is 4.68. The van der Waals surface area contributed by atoms with Crippen LogP contribution in [0.4, 0.5) is 0 Å². The maximum atomic E-state index is 4.68. The van der Waals surface area contributed by atoms with Crippen molar-refractivity contribution in [3.05, 3.63) is 35.9 Å². The summed E-state index contributed by atoms with van der Waals surface area (Å²) in [5.41, 5.74) is 2.73. The topological polar surface area (TPSA) is 12.4 Å². The van der Waals surface area contributed by atoms with Crippen LogP contribution in [0.25, 0.3) is 0 Å². The molecule has 1 aliphatic rings. The summed E-state index contributed by atoms with van der Waals surface area (Å²) in [6, 6.07) is 11.3. The molecule has 0 N–H and O–H groups in total. The summed E-state index contributed by atoms with van der Waals surface area (Å²) in [6.07, 6.45) is 2.32. The molecule has 0 heterocycles. The number of benzene rings is 1. The van der Waals surface area contributed by atoms with Crippen LogP contribution in [0.5, 0.6) is 0 Å². The Morgan fingerprint density at radius 2 is 2.07 bits per heavy atom. The van der Waals surface area contributed by atoms with Gasteiger partial charge in [0.2, 0.25) is 0 Å². The van der Waals surface area contributed by atoms with Gasteiger partial charge in [0, 0.05) is 11.6 Å². The SMILES string of the molecule is CCC(C)=NC1CC1c1ccccc1. The second-order valence-corrected chi connectivity index (χ2v) is 4.04. The standard InChI is InChI=1S/C13H17N/c1-3-10(2)14-13-9-12(13)11-7-5-4-6-8-11/h4-8,12-13H,3,9H2,1-2H3. The quantitative estimate of drug-likeness (QED) is 0.643. The molecular formula is C13H17N. The van der Waals surface area contributed by atoms with Gasteiger partial charge in [-0.25, -0.2) is 0 Å². The molecule has 2 unspecified atom stereocenters. The molecule has 74 valence electrons. The predicted octanol–water partition coefficient (Wildman–Crippen LogP) is 3.41. The second-order valence-electron chi connectivity index (χ2n) is 4.04. The summed E-state index contributed by atoms with van der Waals surface area (Å²) in [7, 11) is 0. The molecule has 1 heteroatoms. The fourth-order valence-electron chi connectivity index (χ4n) is 1.76. The molecule has 0 bridgehead atoms. The lowest BCUT2D eigenvalue weighted by Crippen LogP contribution is -1.92. The van der Waals surface area contributed by atoms with Crippen LogP contribution in [0.1, 0.15) is 38.2 Å². The predicted molar refractivity (Wildman–Crippen MR) is 61.0 cm³/mol. The van der Waals surface area contributed by atoms with Gasteiger partial charge in [-0.15, -0.1) is 0 Å². The van der Waals surface area contributed by atoms with Crippen LogP contribution in [0.2, 0.25) is 0 Å². The summed E-state index contributed by atoms with van der Waals surface area (Å²) < 4.78 is 0. The minimum absolute atomic E-state index is 0.567. The Morgan fingerprint density at radius 3 is 2.71 bits per heavy atom. The van der Waals surface area contributed by atoms with E-state index in [-0.39, 0.29) is 0 Å². The van der Waals surface area contributed by atoms with E-state index in [2.05, 4.69) is 49.2 Å². The minimum Gasteiger partial charge on any atom is -0.290 e. The van der Waals surface area contributed by atoms with Crippen LogP contribution in [0.15, 0.2) is 35.3 Å². The van der Waals surface area contributed by atoms with Crippen LogP contribution in [0, 0.1) is 0 Å². The Kier molecular flexibility index (Phi) is 2.67. The Balaban J connectivity index is 2.00. The molecule has 1 fully saturated rings. The molecule has 1 aromatic carbocycles. The van der Waals surface area contributed by atoms with Gasteiger partial charge >= 0.3 is 0 Å². The maximum Gasteiger partial charge on any atom is 0.0574 e. The van der Waals surface area contributed by atoms with Crippen LogP contribution >= 0.6 is 0 Å². The molecule has 2 rings (SSSR count). The van der Waals surface area contributed by atoms with Crippen molar-refractivity contribution >= 4 is 5.71 Å². The Hall–Kier alpha value is -1.11. The molecule has 0 amide bonds. The number of rotatable bonds is 3. The third-order valence-electron chi connectivity index (χ3n) is 2.88. The second kappa shape index (κ2) is 3.95. The summed E-state index contributed by atoms with van der Waals surface area (Å²) in [6.45, 7) is 4.29. The Labute approximate surface area is 85.9 Å². The van der Waals surface area contributed by atoms with Gasteiger partial charge < -0.3 is 0 Å². The van der Waals surface area contributed by atoms with Crippen LogP contribution in [-0.4, -0.2) is 11.8 Å². The van der Waals surface area contributed by atoms with Crippen molar-refractivity contribution in [3.8, 4) is 0 Å². The van der Waals surface area contributed by atoms with Crippen molar-refractivity contribution in [2.45, 2.75) is 38.6 Å². The highest BCUT2D eigenvalue weighted by Crippen LogP contribution is 2.43. The van der Waals surface area contributed by atoms with Gasteiger partial charge in [0.15, 0.2) is 0 Å². The Morgan fingerprint density at radius 1 is 1.36 bits per heavy atom. The first kappa shape index (κ1) is 9.45. The number of aliphatic imine (C=N–C) groups is 1. The van der Waals surface area contributed by atoms with E-state index in [0.29, 0.717) is 12.0 Å². The average Bonchev–Trinajstić information content (AvgIpc) is 2.98. The van der Waals surface area contributed by atoms with Crippen molar-refractivity contribution < 1.29 is 0 Å². The fraction of sp³-hybridized carbons (Fsp3) is 0.462. The van der Waals surface area contributed by atoms with E-state index in [1.54, 1.807) is 0 Å². The monoisotopic (exact) mass is 187 g/mol. The third kappa shape index (κ3) is 2.03. The van der Waals surface area contributed by atoms with Gasteiger partial charge in [-0.1, -0.05) is 37.3 Å². The van der Waals surface area contributed by atoms with Gasteiger partial charge in [0.1, 0.15) is 0 Å². The molecule has 0 aromatic heterocycles.